The van der Waals surface area contributed by atoms with Gasteiger partial charge in [0, 0.05) is 11.9 Å². The van der Waals surface area contributed by atoms with Gasteiger partial charge in [0.1, 0.15) is 11.4 Å². The predicted octanol–water partition coefficient (Wildman–Crippen LogP) is 1.81. The summed E-state index contributed by atoms with van der Waals surface area (Å²) in [5.74, 6) is -0.179. The van der Waals surface area contributed by atoms with Crippen LogP contribution in [0.3, 0.4) is 0 Å². The van der Waals surface area contributed by atoms with Gasteiger partial charge in [0.05, 0.1) is 7.11 Å². The molecule has 19 heavy (non-hydrogen) atoms. The fourth-order valence-corrected chi connectivity index (χ4v) is 1.31. The highest BCUT2D eigenvalue weighted by atomic mass is 16.5. The Morgan fingerprint density at radius 2 is 1.95 bits per heavy atom. The van der Waals surface area contributed by atoms with Crippen LogP contribution in [0.2, 0.25) is 0 Å². The average Bonchev–Trinajstić information content (AvgIpc) is 2.95. The van der Waals surface area contributed by atoms with E-state index in [1.54, 1.807) is 24.3 Å². The second-order valence-electron chi connectivity index (χ2n) is 3.50. The Morgan fingerprint density at radius 1 is 1.21 bits per heavy atom. The van der Waals surface area contributed by atoms with E-state index in [4.69, 9.17) is 4.74 Å². The molecule has 0 unspecified atom stereocenters. The maximum Gasteiger partial charge on any atom is 0.411 e. The maximum atomic E-state index is 11.6. The molecule has 2 N–H and O–H groups in total. The molecule has 2 rings (SSSR count). The smallest absolute Gasteiger partial charge is 0.411 e. The predicted molar refractivity (Wildman–Crippen MR) is 66.0 cm³/mol. The second kappa shape index (κ2) is 5.67. The van der Waals surface area contributed by atoms with Crippen molar-refractivity contribution in [2.45, 2.75) is 0 Å². The summed E-state index contributed by atoms with van der Waals surface area (Å²) in [4.78, 5) is 22.6. The number of hydrogen-bond donors (Lipinski definition) is 2. The first kappa shape index (κ1) is 12.6. The van der Waals surface area contributed by atoms with E-state index in [0.29, 0.717) is 11.4 Å². The number of anilines is 1. The molecule has 0 fully saturated rings. The highest BCUT2D eigenvalue weighted by molar-refractivity contribution is 5.89. The van der Waals surface area contributed by atoms with Gasteiger partial charge in [0.2, 0.25) is 0 Å². The second-order valence-corrected chi connectivity index (χ2v) is 3.50. The van der Waals surface area contributed by atoms with Gasteiger partial charge in [-0.1, -0.05) is 0 Å². The van der Waals surface area contributed by atoms with E-state index in [1.807, 2.05) is 0 Å². The minimum atomic E-state index is -0.567. The van der Waals surface area contributed by atoms with Gasteiger partial charge in [-0.3, -0.25) is 10.4 Å². The van der Waals surface area contributed by atoms with Crippen LogP contribution < -0.4 is 10.1 Å². The molecule has 1 aromatic carbocycles. The van der Waals surface area contributed by atoms with E-state index in [1.165, 1.54) is 19.4 Å². The molecule has 0 spiro atoms. The van der Waals surface area contributed by atoms with Crippen LogP contribution in [0.15, 0.2) is 36.5 Å². The molecular weight excluding hydrogens is 250 g/mol. The van der Waals surface area contributed by atoms with Gasteiger partial charge in [-0.05, 0) is 30.3 Å². The number of H-pyrrole nitrogens is 1. The number of esters is 1. The van der Waals surface area contributed by atoms with Crippen molar-refractivity contribution in [1.29, 1.82) is 0 Å². The molecule has 2 aromatic rings. The zero-order chi connectivity index (χ0) is 13.7. The largest absolute Gasteiger partial charge is 0.453 e. The van der Waals surface area contributed by atoms with Crippen molar-refractivity contribution in [2.75, 3.05) is 12.4 Å². The topological polar surface area (TPSA) is 93.3 Å². The summed E-state index contributed by atoms with van der Waals surface area (Å²) in [6, 6.07) is 7.80. The SMILES string of the molecule is COC(=O)Nc1ccc(OC(=O)c2ccn[nH]2)cc1. The number of carbonyl (C=O) groups is 2. The van der Waals surface area contributed by atoms with Gasteiger partial charge in [-0.2, -0.15) is 5.10 Å². The highest BCUT2D eigenvalue weighted by Crippen LogP contribution is 2.16. The van der Waals surface area contributed by atoms with E-state index in [2.05, 4.69) is 20.3 Å². The van der Waals surface area contributed by atoms with Crippen molar-refractivity contribution < 1.29 is 19.1 Å². The first-order valence-electron chi connectivity index (χ1n) is 5.35. The molecule has 1 aromatic heterocycles. The quantitative estimate of drug-likeness (QED) is 0.649. The standard InChI is InChI=1S/C12H11N3O4/c1-18-12(17)14-8-2-4-9(5-3-8)19-11(16)10-6-7-13-15-10/h2-7H,1H3,(H,13,15)(H,14,17). The van der Waals surface area contributed by atoms with E-state index < -0.39 is 12.1 Å². The highest BCUT2D eigenvalue weighted by Gasteiger charge is 2.09. The van der Waals surface area contributed by atoms with Gasteiger partial charge in [-0.15, -0.1) is 0 Å². The zero-order valence-corrected chi connectivity index (χ0v) is 10.0. The van der Waals surface area contributed by atoms with Crippen LogP contribution in [-0.4, -0.2) is 29.4 Å². The molecule has 7 heteroatoms. The van der Waals surface area contributed by atoms with Crippen LogP contribution in [0, 0.1) is 0 Å². The number of hydrogen-bond acceptors (Lipinski definition) is 5. The summed E-state index contributed by atoms with van der Waals surface area (Å²) >= 11 is 0. The summed E-state index contributed by atoms with van der Waals surface area (Å²) in [7, 11) is 1.27. The summed E-state index contributed by atoms with van der Waals surface area (Å²) < 4.78 is 9.54. The summed E-state index contributed by atoms with van der Waals surface area (Å²) in [6.45, 7) is 0. The normalized spacial score (nSPS) is 9.74. The van der Waals surface area contributed by atoms with Crippen molar-refractivity contribution in [3.63, 3.8) is 0 Å². The first-order chi connectivity index (χ1) is 9.19. The molecule has 0 saturated heterocycles. The van der Waals surface area contributed by atoms with E-state index >= 15 is 0 Å². The molecule has 1 heterocycles. The van der Waals surface area contributed by atoms with Crippen LogP contribution in [0.1, 0.15) is 10.5 Å². The Balaban J connectivity index is 1.99. The number of nitrogens with zero attached hydrogens (tertiary/aromatic N) is 1. The number of carbonyl (C=O) groups excluding carboxylic acids is 2. The summed E-state index contributed by atoms with van der Waals surface area (Å²) in [5, 5.41) is 8.64. The van der Waals surface area contributed by atoms with Crippen molar-refractivity contribution in [3.8, 4) is 5.75 Å². The van der Waals surface area contributed by atoms with Crippen molar-refractivity contribution in [2.24, 2.45) is 0 Å². The fraction of sp³-hybridized carbons (Fsp3) is 0.0833. The van der Waals surface area contributed by atoms with Crippen LogP contribution in [0.5, 0.6) is 5.75 Å². The Bertz CT molecular complexity index is 563. The number of ether oxygens (including phenoxy) is 2. The molecule has 1 amide bonds. The van der Waals surface area contributed by atoms with Crippen molar-refractivity contribution in [3.05, 3.63) is 42.2 Å². The molecule has 0 saturated carbocycles. The Hall–Kier alpha value is -2.83. The Kier molecular flexibility index (Phi) is 3.77. The number of nitrogens with one attached hydrogen (secondary N) is 2. The lowest BCUT2D eigenvalue weighted by molar-refractivity contribution is 0.0728. The van der Waals surface area contributed by atoms with E-state index in [9.17, 15) is 9.59 Å². The van der Waals surface area contributed by atoms with E-state index in [0.717, 1.165) is 0 Å². The lowest BCUT2D eigenvalue weighted by atomic mass is 10.3. The molecule has 0 aliphatic rings. The van der Waals surface area contributed by atoms with Gasteiger partial charge in [0.15, 0.2) is 0 Å². The molecule has 0 atom stereocenters. The molecule has 0 bridgehead atoms. The minimum absolute atomic E-state index is 0.261. The zero-order valence-electron chi connectivity index (χ0n) is 10.0. The third-order valence-electron chi connectivity index (χ3n) is 2.22. The minimum Gasteiger partial charge on any atom is -0.453 e. The third-order valence-corrected chi connectivity index (χ3v) is 2.22. The van der Waals surface area contributed by atoms with Crippen LogP contribution in [0.25, 0.3) is 0 Å². The fourth-order valence-electron chi connectivity index (χ4n) is 1.31. The van der Waals surface area contributed by atoms with Gasteiger partial charge in [0.25, 0.3) is 0 Å². The van der Waals surface area contributed by atoms with Gasteiger partial charge < -0.3 is 9.47 Å². The average molecular weight is 261 g/mol. The van der Waals surface area contributed by atoms with Crippen LogP contribution >= 0.6 is 0 Å². The molecule has 0 aliphatic carbocycles. The van der Waals surface area contributed by atoms with Crippen LogP contribution in [-0.2, 0) is 4.74 Å². The lowest BCUT2D eigenvalue weighted by Crippen LogP contribution is -2.11. The molecular formula is C12H11N3O4. The number of benzene rings is 1. The molecule has 0 aliphatic heterocycles. The number of methoxy groups -OCH3 is 1. The van der Waals surface area contributed by atoms with E-state index in [-0.39, 0.29) is 5.69 Å². The number of rotatable bonds is 3. The molecule has 0 radical (unpaired) electrons. The lowest BCUT2D eigenvalue weighted by Gasteiger charge is -2.05. The van der Waals surface area contributed by atoms with Gasteiger partial charge in [-0.25, -0.2) is 9.59 Å². The first-order valence-corrected chi connectivity index (χ1v) is 5.35. The van der Waals surface area contributed by atoms with Crippen molar-refractivity contribution >= 4 is 17.7 Å². The number of amides is 1. The number of aromatic nitrogens is 2. The third kappa shape index (κ3) is 3.32. The molecule has 98 valence electrons. The number of aromatic amines is 1. The summed E-state index contributed by atoms with van der Waals surface area (Å²) in [5.41, 5.74) is 0.796. The van der Waals surface area contributed by atoms with Crippen LogP contribution in [0.4, 0.5) is 10.5 Å². The Morgan fingerprint density at radius 3 is 2.53 bits per heavy atom. The monoisotopic (exact) mass is 261 g/mol. The van der Waals surface area contributed by atoms with Gasteiger partial charge >= 0.3 is 12.1 Å². The molecule has 7 nitrogen and oxygen atoms in total. The maximum absolute atomic E-state index is 11.6. The Labute approximate surface area is 108 Å². The summed E-state index contributed by atoms with van der Waals surface area (Å²) in [6.07, 6.45) is 0.891. The van der Waals surface area contributed by atoms with Crippen molar-refractivity contribution in [1.82, 2.24) is 10.2 Å².